The Kier molecular flexibility index (Phi) is 3.45. The zero-order chi connectivity index (χ0) is 14.4. The van der Waals surface area contributed by atoms with Gasteiger partial charge < -0.3 is 15.0 Å². The molecule has 2 unspecified atom stereocenters. The van der Waals surface area contributed by atoms with E-state index >= 15 is 0 Å². The third-order valence-electron chi connectivity index (χ3n) is 3.38. The first-order valence-electron chi connectivity index (χ1n) is 6.35. The number of carbonyl (C=O) groups excluding carboxylic acids is 1. The summed E-state index contributed by atoms with van der Waals surface area (Å²) in [6.07, 6.45) is -4.56. The molecular weight excluding hydrogens is 261 g/mol. The van der Waals surface area contributed by atoms with Gasteiger partial charge in [-0.05, 0) is 32.6 Å². The van der Waals surface area contributed by atoms with Gasteiger partial charge >= 0.3 is 12.3 Å². The minimum atomic E-state index is -4.18. The van der Waals surface area contributed by atoms with Crippen LogP contribution in [-0.2, 0) is 4.74 Å². The van der Waals surface area contributed by atoms with E-state index in [1.165, 1.54) is 0 Å². The lowest BCUT2D eigenvalue weighted by Crippen LogP contribution is -2.40. The number of nitrogens with zero attached hydrogens (tertiary/aromatic N) is 1. The van der Waals surface area contributed by atoms with Gasteiger partial charge in [0.1, 0.15) is 5.60 Å². The van der Waals surface area contributed by atoms with Crippen molar-refractivity contribution in [2.24, 2.45) is 11.8 Å². The van der Waals surface area contributed by atoms with Crippen LogP contribution in [0.25, 0.3) is 0 Å². The van der Waals surface area contributed by atoms with E-state index in [4.69, 9.17) is 4.74 Å². The summed E-state index contributed by atoms with van der Waals surface area (Å²) in [6, 6.07) is -0.111. The Morgan fingerprint density at radius 3 is 2.21 bits per heavy atom. The molecule has 1 heterocycles. The van der Waals surface area contributed by atoms with E-state index in [0.29, 0.717) is 13.1 Å². The van der Waals surface area contributed by atoms with Gasteiger partial charge in [0.2, 0.25) is 0 Å². The smallest absolute Gasteiger partial charge is 0.410 e. The summed E-state index contributed by atoms with van der Waals surface area (Å²) in [5.74, 6) is 0.268. The number of ether oxygens (including phenoxy) is 1. The SMILES string of the molecule is CC(C)(C)OC(=O)N1CC2C(C1)C2NCC(F)(F)F. The number of carbonyl (C=O) groups is 1. The Morgan fingerprint density at radius 1 is 1.26 bits per heavy atom. The number of amides is 1. The van der Waals surface area contributed by atoms with Crippen molar-refractivity contribution in [1.82, 2.24) is 10.2 Å². The molecule has 2 aliphatic rings. The summed E-state index contributed by atoms with van der Waals surface area (Å²) in [5, 5.41) is 2.50. The third-order valence-corrected chi connectivity index (χ3v) is 3.38. The van der Waals surface area contributed by atoms with Gasteiger partial charge in [0.15, 0.2) is 0 Å². The zero-order valence-corrected chi connectivity index (χ0v) is 11.3. The highest BCUT2D eigenvalue weighted by Crippen LogP contribution is 2.46. The number of nitrogens with one attached hydrogen (secondary N) is 1. The molecule has 2 rings (SSSR count). The molecule has 1 aliphatic heterocycles. The average molecular weight is 280 g/mol. The molecule has 2 fully saturated rings. The van der Waals surface area contributed by atoms with Crippen molar-refractivity contribution < 1.29 is 22.7 Å². The molecule has 0 aromatic heterocycles. The van der Waals surface area contributed by atoms with Crippen LogP contribution >= 0.6 is 0 Å². The van der Waals surface area contributed by atoms with Gasteiger partial charge in [0.25, 0.3) is 0 Å². The van der Waals surface area contributed by atoms with Crippen molar-refractivity contribution in [2.45, 2.75) is 38.6 Å². The molecule has 0 aromatic rings. The summed E-state index contributed by atoms with van der Waals surface area (Å²) in [7, 11) is 0. The predicted octanol–water partition coefficient (Wildman–Crippen LogP) is 2.00. The van der Waals surface area contributed by atoms with Crippen LogP contribution in [0.1, 0.15) is 20.8 Å². The lowest BCUT2D eigenvalue weighted by molar-refractivity contribution is -0.125. The molecule has 0 bridgehead atoms. The number of hydrogen-bond donors (Lipinski definition) is 1. The molecular formula is C12H19F3N2O2. The van der Waals surface area contributed by atoms with Crippen LogP contribution in [0.4, 0.5) is 18.0 Å². The van der Waals surface area contributed by atoms with Crippen molar-refractivity contribution in [3.63, 3.8) is 0 Å². The quantitative estimate of drug-likeness (QED) is 0.841. The number of rotatable bonds is 2. The molecule has 1 N–H and O–H groups in total. The van der Waals surface area contributed by atoms with E-state index in [9.17, 15) is 18.0 Å². The van der Waals surface area contributed by atoms with Crippen molar-refractivity contribution >= 4 is 6.09 Å². The van der Waals surface area contributed by atoms with Gasteiger partial charge in [-0.1, -0.05) is 0 Å². The third kappa shape index (κ3) is 3.75. The van der Waals surface area contributed by atoms with Gasteiger partial charge in [0.05, 0.1) is 6.54 Å². The topological polar surface area (TPSA) is 41.6 Å². The normalized spacial score (nSPS) is 30.2. The van der Waals surface area contributed by atoms with Crippen LogP contribution in [0.3, 0.4) is 0 Å². The van der Waals surface area contributed by atoms with Gasteiger partial charge in [-0.3, -0.25) is 0 Å². The highest BCUT2D eigenvalue weighted by atomic mass is 19.4. The molecule has 110 valence electrons. The number of hydrogen-bond acceptors (Lipinski definition) is 3. The molecule has 0 aromatic carbocycles. The first-order valence-corrected chi connectivity index (χ1v) is 6.35. The summed E-state index contributed by atoms with van der Waals surface area (Å²) < 4.78 is 41.4. The number of piperidine rings is 1. The van der Waals surface area contributed by atoms with Crippen LogP contribution < -0.4 is 5.32 Å². The van der Waals surface area contributed by atoms with Crippen molar-refractivity contribution in [3.05, 3.63) is 0 Å². The second kappa shape index (κ2) is 4.54. The largest absolute Gasteiger partial charge is 0.444 e. The Balaban J connectivity index is 1.73. The fourth-order valence-electron chi connectivity index (χ4n) is 2.54. The first kappa shape index (κ1) is 14.4. The molecule has 7 heteroatoms. The summed E-state index contributed by atoms with van der Waals surface area (Å²) in [5.41, 5.74) is -0.544. The maximum Gasteiger partial charge on any atom is 0.410 e. The predicted molar refractivity (Wildman–Crippen MR) is 62.6 cm³/mol. The van der Waals surface area contributed by atoms with Crippen LogP contribution in [0, 0.1) is 11.8 Å². The monoisotopic (exact) mass is 280 g/mol. The van der Waals surface area contributed by atoms with Gasteiger partial charge in [-0.25, -0.2) is 4.79 Å². The molecule has 2 atom stereocenters. The van der Waals surface area contributed by atoms with E-state index in [2.05, 4.69) is 5.32 Å². The fraction of sp³-hybridized carbons (Fsp3) is 0.917. The van der Waals surface area contributed by atoms with Gasteiger partial charge in [0, 0.05) is 19.1 Å². The Morgan fingerprint density at radius 2 is 1.79 bits per heavy atom. The van der Waals surface area contributed by atoms with E-state index < -0.39 is 18.3 Å². The minimum Gasteiger partial charge on any atom is -0.444 e. The molecule has 4 nitrogen and oxygen atoms in total. The van der Waals surface area contributed by atoms with Crippen molar-refractivity contribution in [2.75, 3.05) is 19.6 Å². The van der Waals surface area contributed by atoms with E-state index in [0.717, 1.165) is 0 Å². The molecule has 1 saturated heterocycles. The maximum absolute atomic E-state index is 12.1. The lowest BCUT2D eigenvalue weighted by atomic mass is 10.2. The standard InChI is InChI=1S/C12H19F3N2O2/c1-11(2,3)19-10(18)17-4-7-8(5-17)9(7)16-6-12(13,14)15/h7-9,16H,4-6H2,1-3H3. The van der Waals surface area contributed by atoms with Gasteiger partial charge in [-0.2, -0.15) is 13.2 Å². The Hall–Kier alpha value is -0.980. The second-order valence-electron chi connectivity index (χ2n) is 6.23. The number of fused-ring (bicyclic) bond motifs is 1. The van der Waals surface area contributed by atoms with Crippen LogP contribution in [-0.4, -0.2) is 48.4 Å². The van der Waals surface area contributed by atoms with Crippen LogP contribution in [0.15, 0.2) is 0 Å². The van der Waals surface area contributed by atoms with Crippen LogP contribution in [0.5, 0.6) is 0 Å². The molecule has 1 amide bonds. The summed E-state index contributed by atoms with van der Waals surface area (Å²) >= 11 is 0. The second-order valence-corrected chi connectivity index (χ2v) is 6.23. The first-order chi connectivity index (χ1) is 8.57. The molecule has 1 aliphatic carbocycles. The fourth-order valence-corrected chi connectivity index (χ4v) is 2.54. The van der Waals surface area contributed by atoms with E-state index in [1.807, 2.05) is 0 Å². The highest BCUT2D eigenvalue weighted by Gasteiger charge is 2.57. The van der Waals surface area contributed by atoms with Gasteiger partial charge in [-0.15, -0.1) is 0 Å². The molecule has 0 spiro atoms. The van der Waals surface area contributed by atoms with E-state index in [1.54, 1.807) is 25.7 Å². The zero-order valence-electron chi connectivity index (χ0n) is 11.3. The minimum absolute atomic E-state index is 0.111. The van der Waals surface area contributed by atoms with Crippen molar-refractivity contribution in [1.29, 1.82) is 0 Å². The lowest BCUT2D eigenvalue weighted by Gasteiger charge is -2.26. The molecule has 0 radical (unpaired) electrons. The number of halogens is 3. The molecule has 1 saturated carbocycles. The summed E-state index contributed by atoms with van der Waals surface area (Å²) in [6.45, 7) is 5.36. The van der Waals surface area contributed by atoms with Crippen LogP contribution in [0.2, 0.25) is 0 Å². The number of alkyl halides is 3. The Bertz CT molecular complexity index is 353. The van der Waals surface area contributed by atoms with Crippen molar-refractivity contribution in [3.8, 4) is 0 Å². The maximum atomic E-state index is 12.1. The summed E-state index contributed by atoms with van der Waals surface area (Å²) in [4.78, 5) is 13.3. The van der Waals surface area contributed by atoms with E-state index in [-0.39, 0.29) is 24.0 Å². The average Bonchev–Trinajstić information content (AvgIpc) is 2.65. The Labute approximate surface area is 110 Å². The molecule has 19 heavy (non-hydrogen) atoms. The number of likely N-dealkylation sites (tertiary alicyclic amines) is 1. The highest BCUT2D eigenvalue weighted by molar-refractivity contribution is 5.69.